The second-order valence-corrected chi connectivity index (χ2v) is 9.15. The number of aliphatic hydroxyl groups is 1. The van der Waals surface area contributed by atoms with Crippen LogP contribution in [0.1, 0.15) is 28.8 Å². The molecule has 0 saturated carbocycles. The lowest BCUT2D eigenvalue weighted by Gasteiger charge is -2.29. The second kappa shape index (κ2) is 9.90. The zero-order chi connectivity index (χ0) is 26.1. The summed E-state index contributed by atoms with van der Waals surface area (Å²) in [6.07, 6.45) is 1.03. The Labute approximate surface area is 213 Å². The molecular formula is C27H26N4O6. The first-order valence-electron chi connectivity index (χ1n) is 12.0. The number of nitrogens with one attached hydrogen (secondary N) is 2. The number of rotatable bonds is 5. The Hall–Kier alpha value is -4.44. The summed E-state index contributed by atoms with van der Waals surface area (Å²) >= 11 is 0. The van der Waals surface area contributed by atoms with E-state index in [1.807, 2.05) is 18.2 Å². The van der Waals surface area contributed by atoms with Crippen molar-refractivity contribution in [3.05, 3.63) is 75.8 Å². The van der Waals surface area contributed by atoms with Gasteiger partial charge in [0.05, 0.1) is 47.2 Å². The third kappa shape index (κ3) is 4.96. The highest BCUT2D eigenvalue weighted by molar-refractivity contribution is 6.12. The fraction of sp³-hybridized carbons (Fsp3) is 0.259. The molecule has 0 unspecified atom stereocenters. The summed E-state index contributed by atoms with van der Waals surface area (Å²) in [5.41, 5.74) is 4.39. The first-order chi connectivity index (χ1) is 17.8. The minimum absolute atomic E-state index is 0.00814. The molecule has 0 aliphatic carbocycles. The van der Waals surface area contributed by atoms with Crippen molar-refractivity contribution >= 4 is 34.6 Å². The van der Waals surface area contributed by atoms with E-state index in [1.54, 1.807) is 35.2 Å². The number of nitro groups is 1. The molecule has 1 saturated heterocycles. The third-order valence-electron chi connectivity index (χ3n) is 6.75. The number of piperidine rings is 1. The van der Waals surface area contributed by atoms with E-state index < -0.39 is 4.92 Å². The van der Waals surface area contributed by atoms with E-state index in [0.717, 1.165) is 11.1 Å². The number of carbonyl (C=O) groups excluding carboxylic acids is 2. The number of fused-ring (bicyclic) bond motifs is 2. The average Bonchev–Trinajstić information content (AvgIpc) is 3.03. The van der Waals surface area contributed by atoms with Crippen LogP contribution in [0.3, 0.4) is 0 Å². The molecule has 10 nitrogen and oxygen atoms in total. The predicted octanol–water partition coefficient (Wildman–Crippen LogP) is 4.11. The first-order valence-corrected chi connectivity index (χ1v) is 12.0. The Balaban J connectivity index is 1.39. The van der Waals surface area contributed by atoms with Gasteiger partial charge in [-0.1, -0.05) is 12.1 Å². The fourth-order valence-corrected chi connectivity index (χ4v) is 4.68. The molecule has 5 rings (SSSR count). The molecule has 0 bridgehead atoms. The van der Waals surface area contributed by atoms with Crippen LogP contribution in [0.25, 0.3) is 11.1 Å². The highest BCUT2D eigenvalue weighted by Gasteiger charge is 2.24. The summed E-state index contributed by atoms with van der Waals surface area (Å²) < 4.78 is 5.19. The molecular weight excluding hydrogens is 476 g/mol. The quantitative estimate of drug-likeness (QED) is 0.353. The smallest absolute Gasteiger partial charge is 0.310 e. The number of ether oxygens (including phenoxy) is 1. The van der Waals surface area contributed by atoms with Crippen LogP contribution in [0.2, 0.25) is 0 Å². The van der Waals surface area contributed by atoms with Crippen LogP contribution >= 0.6 is 0 Å². The van der Waals surface area contributed by atoms with Gasteiger partial charge < -0.3 is 25.4 Å². The van der Waals surface area contributed by atoms with Crippen LogP contribution in [0.4, 0.5) is 22.7 Å². The molecule has 0 aromatic heterocycles. The van der Waals surface area contributed by atoms with Crippen LogP contribution in [-0.2, 0) is 11.2 Å². The molecule has 10 heteroatoms. The van der Waals surface area contributed by atoms with Crippen molar-refractivity contribution in [2.75, 3.05) is 30.8 Å². The molecule has 2 heterocycles. The maximum atomic E-state index is 13.0. The summed E-state index contributed by atoms with van der Waals surface area (Å²) in [7, 11) is 1.38. The summed E-state index contributed by atoms with van der Waals surface area (Å²) in [6, 6.07) is 15.4. The molecule has 2 aliphatic rings. The topological polar surface area (TPSA) is 134 Å². The number of hydrogen-bond acceptors (Lipinski definition) is 7. The van der Waals surface area contributed by atoms with Crippen molar-refractivity contribution < 1.29 is 24.4 Å². The van der Waals surface area contributed by atoms with E-state index >= 15 is 0 Å². The summed E-state index contributed by atoms with van der Waals surface area (Å²) in [4.78, 5) is 38.2. The number of likely N-dealkylation sites (tertiary alicyclic amines) is 1. The van der Waals surface area contributed by atoms with Gasteiger partial charge in [-0.05, 0) is 65.9 Å². The van der Waals surface area contributed by atoms with Crippen LogP contribution in [0, 0.1) is 10.1 Å². The number of benzene rings is 3. The van der Waals surface area contributed by atoms with Crippen molar-refractivity contribution in [1.82, 2.24) is 4.90 Å². The molecule has 3 aromatic carbocycles. The van der Waals surface area contributed by atoms with Crippen molar-refractivity contribution in [2.45, 2.75) is 25.4 Å². The van der Waals surface area contributed by atoms with Crippen molar-refractivity contribution in [3.8, 4) is 16.9 Å². The summed E-state index contributed by atoms with van der Waals surface area (Å²) in [6.45, 7) is 1.09. The molecule has 2 aliphatic heterocycles. The van der Waals surface area contributed by atoms with E-state index in [0.29, 0.717) is 54.1 Å². The number of anilines is 3. The Kier molecular flexibility index (Phi) is 6.49. The van der Waals surface area contributed by atoms with Gasteiger partial charge in [0.15, 0.2) is 5.75 Å². The monoisotopic (exact) mass is 502 g/mol. The van der Waals surface area contributed by atoms with E-state index in [1.165, 1.54) is 13.2 Å². The van der Waals surface area contributed by atoms with Gasteiger partial charge in [-0.3, -0.25) is 19.7 Å². The van der Waals surface area contributed by atoms with Crippen LogP contribution in [-0.4, -0.2) is 53.0 Å². The van der Waals surface area contributed by atoms with Gasteiger partial charge in [-0.2, -0.15) is 0 Å². The Morgan fingerprint density at radius 3 is 2.49 bits per heavy atom. The molecule has 3 N–H and O–H groups in total. The Bertz CT molecular complexity index is 1400. The van der Waals surface area contributed by atoms with E-state index in [-0.39, 0.29) is 35.8 Å². The fourth-order valence-electron chi connectivity index (χ4n) is 4.68. The highest BCUT2D eigenvalue weighted by atomic mass is 16.6. The lowest BCUT2D eigenvalue weighted by Crippen LogP contribution is -2.40. The maximum Gasteiger partial charge on any atom is 0.310 e. The van der Waals surface area contributed by atoms with Gasteiger partial charge in [0.2, 0.25) is 5.91 Å². The zero-order valence-corrected chi connectivity index (χ0v) is 20.2. The molecule has 37 heavy (non-hydrogen) atoms. The third-order valence-corrected chi connectivity index (χ3v) is 6.75. The van der Waals surface area contributed by atoms with Crippen molar-refractivity contribution in [3.63, 3.8) is 0 Å². The van der Waals surface area contributed by atoms with Crippen LogP contribution in [0.15, 0.2) is 54.6 Å². The molecule has 0 spiro atoms. The van der Waals surface area contributed by atoms with Gasteiger partial charge in [0.1, 0.15) is 0 Å². The van der Waals surface area contributed by atoms with E-state index in [4.69, 9.17) is 4.74 Å². The van der Waals surface area contributed by atoms with Gasteiger partial charge in [0.25, 0.3) is 5.91 Å². The van der Waals surface area contributed by atoms with Gasteiger partial charge in [-0.15, -0.1) is 0 Å². The molecule has 0 atom stereocenters. The predicted molar refractivity (Wildman–Crippen MR) is 138 cm³/mol. The SMILES string of the molecule is COc1cc(-c2ccc3c(c2)Nc2ccc(CC(=O)N4CCC(O)CC4)cc2NC3=O)ccc1[N+](=O)[O-]. The second-order valence-electron chi connectivity index (χ2n) is 9.15. The molecule has 2 amide bonds. The largest absolute Gasteiger partial charge is 0.490 e. The maximum absolute atomic E-state index is 13.0. The molecule has 3 aromatic rings. The van der Waals surface area contributed by atoms with Crippen molar-refractivity contribution in [2.24, 2.45) is 0 Å². The van der Waals surface area contributed by atoms with Crippen LogP contribution < -0.4 is 15.4 Å². The lowest BCUT2D eigenvalue weighted by molar-refractivity contribution is -0.385. The number of methoxy groups -OCH3 is 1. The number of carbonyl (C=O) groups is 2. The summed E-state index contributed by atoms with van der Waals surface area (Å²) in [5.74, 6) is -0.148. The Morgan fingerprint density at radius 1 is 1.03 bits per heavy atom. The lowest BCUT2D eigenvalue weighted by atomic mass is 10.0. The number of aliphatic hydroxyl groups excluding tert-OH is 1. The average molecular weight is 503 g/mol. The molecule has 1 fully saturated rings. The molecule has 0 radical (unpaired) electrons. The van der Waals surface area contributed by atoms with Gasteiger partial charge in [-0.25, -0.2) is 0 Å². The number of amides is 2. The van der Waals surface area contributed by atoms with Gasteiger partial charge >= 0.3 is 5.69 Å². The molecule has 190 valence electrons. The van der Waals surface area contributed by atoms with Crippen LogP contribution in [0.5, 0.6) is 5.75 Å². The number of hydrogen-bond donors (Lipinski definition) is 3. The first kappa shape index (κ1) is 24.3. The highest BCUT2D eigenvalue weighted by Crippen LogP contribution is 2.37. The number of nitro benzene ring substituents is 1. The number of nitrogens with zero attached hydrogens (tertiary/aromatic N) is 2. The van der Waals surface area contributed by atoms with E-state index in [9.17, 15) is 24.8 Å². The van der Waals surface area contributed by atoms with Gasteiger partial charge in [0, 0.05) is 19.2 Å². The summed E-state index contributed by atoms with van der Waals surface area (Å²) in [5, 5.41) is 27.1. The normalized spacial score (nSPS) is 15.1. The minimum Gasteiger partial charge on any atom is -0.490 e. The Morgan fingerprint density at radius 2 is 1.76 bits per heavy atom. The zero-order valence-electron chi connectivity index (χ0n) is 20.2. The van der Waals surface area contributed by atoms with E-state index in [2.05, 4.69) is 10.6 Å². The standard InChI is InChI=1S/C27H26N4O6/c1-37-25-15-18(4-7-24(25)31(35)36)17-3-5-20-22(14-17)28-21-6-2-16(12-23(21)29-27(20)34)13-26(33)30-10-8-19(32)9-11-30/h2-7,12,14-15,19,28,32H,8-11,13H2,1H3,(H,29,34). The minimum atomic E-state index is -0.499. The van der Waals surface area contributed by atoms with Crippen molar-refractivity contribution in [1.29, 1.82) is 0 Å².